The minimum Gasteiger partial charge on any atom is -0.496 e. The second-order valence-corrected chi connectivity index (χ2v) is 19.0. The van der Waals surface area contributed by atoms with Gasteiger partial charge in [-0.25, -0.2) is 28.8 Å². The highest BCUT2D eigenvalue weighted by atomic mass is 35.5. The first-order chi connectivity index (χ1) is 42.0. The molecule has 4 aromatic carbocycles. The molecule has 28 nitrogen and oxygen atoms in total. The molecule has 6 rings (SSSR count). The zero-order chi connectivity index (χ0) is 64.2. The molecule has 0 aliphatic carbocycles. The van der Waals surface area contributed by atoms with E-state index < -0.39 is 106 Å². The Morgan fingerprint density at radius 2 is 1.05 bits per heavy atom. The van der Waals surface area contributed by atoms with Crippen molar-refractivity contribution in [1.82, 2.24) is 0 Å². The van der Waals surface area contributed by atoms with Crippen molar-refractivity contribution in [2.45, 2.75) is 58.5 Å². The molecule has 2 unspecified atom stereocenters. The van der Waals surface area contributed by atoms with Gasteiger partial charge in [0, 0.05) is 58.7 Å². The van der Waals surface area contributed by atoms with Crippen molar-refractivity contribution < 1.29 is 105 Å². The molecule has 1 N–H and O–H groups in total. The average Bonchev–Trinajstić information content (AvgIpc) is 1.22. The summed E-state index contributed by atoms with van der Waals surface area (Å²) in [6.45, 7) is 6.53. The quantitative estimate of drug-likeness (QED) is 0.00767. The third-order valence-electron chi connectivity index (χ3n) is 12.3. The van der Waals surface area contributed by atoms with E-state index in [1.807, 2.05) is 0 Å². The second kappa shape index (κ2) is 32.0. The molecular weight excluding hydrogens is 1210 g/mol. The predicted octanol–water partition coefficient (Wildman–Crippen LogP) is 8.43. The first kappa shape index (κ1) is 67.2. The summed E-state index contributed by atoms with van der Waals surface area (Å²) in [5, 5.41) is 34.8. The number of nitro groups is 2. The summed E-state index contributed by atoms with van der Waals surface area (Å²) in [5.74, 6) is -5.00. The molecule has 0 fully saturated rings. The highest BCUT2D eigenvalue weighted by Gasteiger charge is 2.28. The van der Waals surface area contributed by atoms with E-state index in [0.29, 0.717) is 0 Å². The zero-order valence-electron chi connectivity index (χ0n) is 47.0. The smallest absolute Gasteiger partial charge is 0.351 e. The first-order valence-electron chi connectivity index (χ1n) is 26.2. The third kappa shape index (κ3) is 18.3. The summed E-state index contributed by atoms with van der Waals surface area (Å²) < 4.78 is 69.1. The van der Waals surface area contributed by atoms with Gasteiger partial charge in [0.15, 0.2) is 0 Å². The number of aliphatic hydroxyl groups excluding tert-OH is 1. The van der Waals surface area contributed by atoms with E-state index in [9.17, 15) is 63.7 Å². The SMILES string of the molecule is C=CC(=O)OCCOC(=O)CCCOc1cc([N+](=O)[O-])c(C(C)Oc2cc3oc(=O)c(C(=O)OCCOC(=O)c4cc5cc(Cl)c(OC(C)c6cc(OC)c(COCCC(=O)OCCOC(=O)C=C)cc6[N+](=O)[O-])cc5oc4=O)cc3cc2Cl)cc1CO. The third-order valence-corrected chi connectivity index (χ3v) is 12.8. The van der Waals surface area contributed by atoms with Gasteiger partial charge in [-0.1, -0.05) is 36.4 Å². The van der Waals surface area contributed by atoms with E-state index in [1.165, 1.54) is 63.4 Å². The van der Waals surface area contributed by atoms with E-state index in [1.54, 1.807) is 0 Å². The normalized spacial score (nSPS) is 11.6. The highest BCUT2D eigenvalue weighted by Crippen LogP contribution is 2.40. The zero-order valence-corrected chi connectivity index (χ0v) is 48.5. The lowest BCUT2D eigenvalue weighted by Gasteiger charge is -2.19. The standard InChI is InChI=1S/C58H54Cl2N2O26/c1-6-51(64)79-13-15-81-53(66)9-8-11-78-46-26-44(62(74)75)37(21-35(46)29-63)31(3)85-49-27-47-33(22-41(49)59)19-39(57(70)87-47)55(68)83-17-18-84-56(69)40-20-34-23-42(60)50(28-48(34)88-58(40)71)86-32(4)38-25-45(76-5)36(24-43(38)61(72)73)30-77-12-10-54(67)82-16-14-80-52(65)7-2/h6-7,19-28,31-32,63H,1-2,8-18,29-30H2,3-5H3. The molecule has 6 aromatic rings. The number of halogens is 2. The summed E-state index contributed by atoms with van der Waals surface area (Å²) >= 11 is 13.1. The van der Waals surface area contributed by atoms with Crippen molar-refractivity contribution >= 4 is 92.3 Å². The molecule has 0 amide bonds. The summed E-state index contributed by atoms with van der Waals surface area (Å²) in [6.07, 6.45) is -0.405. The Bertz CT molecular complexity index is 3540. The maximum absolute atomic E-state index is 13.1. The molecular formula is C58H54Cl2N2O26. The summed E-state index contributed by atoms with van der Waals surface area (Å²) in [5.41, 5.74) is -4.09. The first-order valence-corrected chi connectivity index (χ1v) is 26.9. The fourth-order valence-corrected chi connectivity index (χ4v) is 8.45. The lowest BCUT2D eigenvalue weighted by molar-refractivity contribution is -0.386. The van der Waals surface area contributed by atoms with E-state index in [-0.39, 0.29) is 148 Å². The molecule has 0 aliphatic rings. The number of fused-ring (bicyclic) bond motifs is 2. The number of ether oxygens (including phenoxy) is 11. The largest absolute Gasteiger partial charge is 0.496 e. The van der Waals surface area contributed by atoms with Crippen molar-refractivity contribution in [3.63, 3.8) is 0 Å². The number of hydrogen-bond acceptors (Lipinski definition) is 26. The Morgan fingerprint density at radius 1 is 0.580 bits per heavy atom. The van der Waals surface area contributed by atoms with Crippen LogP contribution in [0.4, 0.5) is 11.4 Å². The van der Waals surface area contributed by atoms with E-state index >= 15 is 0 Å². The number of rotatable bonds is 33. The van der Waals surface area contributed by atoms with E-state index in [4.69, 9.17) is 84.1 Å². The number of nitrogens with zero attached hydrogens (tertiary/aromatic N) is 2. The Kier molecular flexibility index (Phi) is 24.5. The van der Waals surface area contributed by atoms with Crippen LogP contribution in [0.1, 0.15) is 88.3 Å². The maximum atomic E-state index is 13.1. The fraction of sp³-hybridized carbons (Fsp3) is 0.310. The van der Waals surface area contributed by atoms with Crippen LogP contribution in [-0.2, 0) is 65.5 Å². The number of aliphatic hydroxyl groups is 1. The van der Waals surface area contributed by atoms with Crippen LogP contribution < -0.4 is 30.2 Å². The van der Waals surface area contributed by atoms with Crippen LogP contribution >= 0.6 is 23.2 Å². The molecule has 0 radical (unpaired) electrons. The minimum absolute atomic E-state index is 0.00456. The topological polar surface area (TPSA) is 371 Å². The summed E-state index contributed by atoms with van der Waals surface area (Å²) in [6, 6.07) is 12.2. The van der Waals surface area contributed by atoms with E-state index in [2.05, 4.69) is 13.2 Å². The van der Waals surface area contributed by atoms with Gasteiger partial charge in [0.05, 0.1) is 77.0 Å². The maximum Gasteiger partial charge on any atom is 0.351 e. The van der Waals surface area contributed by atoms with Crippen molar-refractivity contribution in [2.75, 3.05) is 60.0 Å². The van der Waals surface area contributed by atoms with Crippen LogP contribution in [0.5, 0.6) is 23.0 Å². The lowest BCUT2D eigenvalue weighted by atomic mass is 10.0. The molecule has 0 saturated carbocycles. The van der Waals surface area contributed by atoms with Gasteiger partial charge in [-0.05, 0) is 56.7 Å². The average molecular weight is 1270 g/mol. The van der Waals surface area contributed by atoms with Crippen LogP contribution in [0.2, 0.25) is 10.0 Å². The summed E-state index contributed by atoms with van der Waals surface area (Å²) in [7, 11) is 1.33. The van der Waals surface area contributed by atoms with E-state index in [0.717, 1.165) is 30.4 Å². The van der Waals surface area contributed by atoms with Gasteiger partial charge in [-0.2, -0.15) is 0 Å². The molecule has 30 heteroatoms. The number of carbonyl (C=O) groups is 6. The van der Waals surface area contributed by atoms with Gasteiger partial charge < -0.3 is 66.0 Å². The number of nitro benzene ring substituents is 2. The van der Waals surface area contributed by atoms with Crippen molar-refractivity contribution in [3.05, 3.63) is 170 Å². The number of methoxy groups -OCH3 is 1. The van der Waals surface area contributed by atoms with Gasteiger partial charge in [0.25, 0.3) is 11.4 Å². The van der Waals surface area contributed by atoms with Gasteiger partial charge in [0.2, 0.25) is 0 Å². The summed E-state index contributed by atoms with van der Waals surface area (Å²) in [4.78, 5) is 122. The number of hydrogen-bond donors (Lipinski definition) is 1. The molecule has 2 atom stereocenters. The van der Waals surface area contributed by atoms with Crippen LogP contribution in [0.3, 0.4) is 0 Å². The second-order valence-electron chi connectivity index (χ2n) is 18.2. The van der Waals surface area contributed by atoms with Crippen LogP contribution in [0.15, 0.2) is 104 Å². The van der Waals surface area contributed by atoms with Crippen molar-refractivity contribution in [1.29, 1.82) is 0 Å². The number of carbonyl (C=O) groups excluding carboxylic acids is 6. The molecule has 466 valence electrons. The van der Waals surface area contributed by atoms with Gasteiger partial charge in [-0.3, -0.25) is 29.8 Å². The van der Waals surface area contributed by atoms with Crippen molar-refractivity contribution in [2.24, 2.45) is 0 Å². The highest BCUT2D eigenvalue weighted by molar-refractivity contribution is 6.33. The minimum atomic E-state index is -1.19. The monoisotopic (exact) mass is 1260 g/mol. The lowest BCUT2D eigenvalue weighted by Crippen LogP contribution is -2.21. The Labute approximate surface area is 507 Å². The Balaban J connectivity index is 1.02. The molecule has 0 spiro atoms. The fourth-order valence-electron chi connectivity index (χ4n) is 8.02. The number of esters is 6. The number of benzene rings is 4. The van der Waals surface area contributed by atoms with Crippen LogP contribution in [0, 0.1) is 20.2 Å². The van der Waals surface area contributed by atoms with Crippen LogP contribution in [-0.4, -0.2) is 111 Å². The van der Waals surface area contributed by atoms with Gasteiger partial charge in [0.1, 0.15) is 97.1 Å². The molecule has 0 aliphatic heterocycles. The molecule has 2 heterocycles. The predicted molar refractivity (Wildman–Crippen MR) is 306 cm³/mol. The van der Waals surface area contributed by atoms with Gasteiger partial charge in [-0.15, -0.1) is 0 Å². The van der Waals surface area contributed by atoms with Crippen LogP contribution in [0.25, 0.3) is 21.9 Å². The van der Waals surface area contributed by atoms with Gasteiger partial charge >= 0.3 is 47.1 Å². The Hall–Kier alpha value is -9.90. The molecule has 0 saturated heterocycles. The Morgan fingerprint density at radius 3 is 1.52 bits per heavy atom. The molecule has 0 bridgehead atoms. The molecule has 2 aromatic heterocycles. The molecule has 88 heavy (non-hydrogen) atoms. The van der Waals surface area contributed by atoms with Crippen molar-refractivity contribution in [3.8, 4) is 23.0 Å².